The van der Waals surface area contributed by atoms with Gasteiger partial charge < -0.3 is 4.74 Å². The molecule has 0 saturated heterocycles. The van der Waals surface area contributed by atoms with Gasteiger partial charge in [0.05, 0.1) is 29.5 Å². The highest BCUT2D eigenvalue weighted by molar-refractivity contribution is 7.92. The molecule has 0 saturated carbocycles. The van der Waals surface area contributed by atoms with E-state index in [9.17, 15) is 16.8 Å². The van der Waals surface area contributed by atoms with Gasteiger partial charge in [-0.1, -0.05) is 42.5 Å². The van der Waals surface area contributed by atoms with Crippen LogP contribution in [0.5, 0.6) is 5.75 Å². The van der Waals surface area contributed by atoms with Gasteiger partial charge in [0.1, 0.15) is 5.75 Å². The van der Waals surface area contributed by atoms with E-state index in [1.807, 2.05) is 6.07 Å². The maximum Gasteiger partial charge on any atom is 0.279 e. The van der Waals surface area contributed by atoms with Crippen molar-refractivity contribution in [2.45, 2.75) is 24.3 Å². The third kappa shape index (κ3) is 4.92. The summed E-state index contributed by atoms with van der Waals surface area (Å²) in [5.74, 6) is 0.554. The van der Waals surface area contributed by atoms with Gasteiger partial charge in [0.2, 0.25) is 10.0 Å². The number of sulfonamides is 2. The fraction of sp³-hybridized carbons (Fsp3) is 0.208. The average Bonchev–Trinajstić information content (AvgIpc) is 3.31. The van der Waals surface area contributed by atoms with Crippen LogP contribution in [0.3, 0.4) is 0 Å². The van der Waals surface area contributed by atoms with Gasteiger partial charge in [-0.15, -0.1) is 0 Å². The Morgan fingerprint density at radius 3 is 2.41 bits per heavy atom. The van der Waals surface area contributed by atoms with Crippen molar-refractivity contribution >= 4 is 31.4 Å². The van der Waals surface area contributed by atoms with E-state index in [1.54, 1.807) is 74.7 Å². The Morgan fingerprint density at radius 2 is 1.71 bits per heavy atom. The summed E-state index contributed by atoms with van der Waals surface area (Å²) in [6.45, 7) is 1.55. The number of hydrazone groups is 1. The molecule has 1 atom stereocenters. The smallest absolute Gasteiger partial charge is 0.279 e. The topological polar surface area (TPSA) is 105 Å². The summed E-state index contributed by atoms with van der Waals surface area (Å²) in [4.78, 5) is 0.136. The van der Waals surface area contributed by atoms with Gasteiger partial charge in [-0.25, -0.2) is 8.42 Å². The molecule has 1 N–H and O–H groups in total. The van der Waals surface area contributed by atoms with E-state index in [4.69, 9.17) is 4.74 Å². The number of nitrogens with zero attached hydrogens (tertiary/aromatic N) is 2. The zero-order valence-corrected chi connectivity index (χ0v) is 20.4. The first-order valence-electron chi connectivity index (χ1n) is 10.7. The fourth-order valence-electron chi connectivity index (χ4n) is 3.70. The predicted molar refractivity (Wildman–Crippen MR) is 132 cm³/mol. The van der Waals surface area contributed by atoms with Crippen molar-refractivity contribution in [2.75, 3.05) is 17.6 Å². The molecule has 0 aromatic heterocycles. The minimum absolute atomic E-state index is 0.0564. The first-order valence-corrected chi connectivity index (χ1v) is 13.7. The number of hydrogen-bond acceptors (Lipinski definition) is 6. The van der Waals surface area contributed by atoms with E-state index in [2.05, 4.69) is 9.82 Å². The maximum atomic E-state index is 13.5. The van der Waals surface area contributed by atoms with Crippen LogP contribution >= 0.6 is 0 Å². The molecule has 3 aromatic carbocycles. The van der Waals surface area contributed by atoms with Crippen LogP contribution in [0.25, 0.3) is 0 Å². The highest BCUT2D eigenvalue weighted by Gasteiger charge is 2.38. The molecule has 0 unspecified atom stereocenters. The van der Waals surface area contributed by atoms with Crippen LogP contribution in [0, 0.1) is 0 Å². The van der Waals surface area contributed by atoms with Crippen LogP contribution in [0.1, 0.15) is 30.5 Å². The number of methoxy groups -OCH3 is 1. The molecular formula is C24H25N3O5S2. The molecule has 10 heteroatoms. The highest BCUT2D eigenvalue weighted by Crippen LogP contribution is 2.38. The first-order chi connectivity index (χ1) is 16.2. The molecule has 0 aliphatic carbocycles. The molecular weight excluding hydrogens is 474 g/mol. The first kappa shape index (κ1) is 23.8. The van der Waals surface area contributed by atoms with Gasteiger partial charge in [-0.3, -0.25) is 4.72 Å². The van der Waals surface area contributed by atoms with E-state index >= 15 is 0 Å². The molecule has 0 radical (unpaired) electrons. The number of nitrogens with one attached hydrogen (secondary N) is 1. The summed E-state index contributed by atoms with van der Waals surface area (Å²) in [7, 11) is -5.85. The van der Waals surface area contributed by atoms with E-state index < -0.39 is 26.1 Å². The van der Waals surface area contributed by atoms with Crippen LogP contribution in [-0.2, 0) is 20.0 Å². The zero-order valence-electron chi connectivity index (χ0n) is 18.7. The lowest BCUT2D eigenvalue weighted by Crippen LogP contribution is -2.27. The second kappa shape index (κ2) is 9.47. The molecule has 178 valence electrons. The van der Waals surface area contributed by atoms with Crippen LogP contribution in [-0.4, -0.2) is 39.8 Å². The Balaban J connectivity index is 1.77. The van der Waals surface area contributed by atoms with Crippen molar-refractivity contribution in [3.63, 3.8) is 0 Å². The normalized spacial score (nSPS) is 16.2. The zero-order chi connectivity index (χ0) is 24.3. The summed E-state index contributed by atoms with van der Waals surface area (Å²) in [5.41, 5.74) is 2.30. The molecule has 0 spiro atoms. The molecule has 34 heavy (non-hydrogen) atoms. The number of rotatable bonds is 8. The fourth-order valence-corrected chi connectivity index (χ4v) is 5.78. The predicted octanol–water partition coefficient (Wildman–Crippen LogP) is 4.00. The lowest BCUT2D eigenvalue weighted by atomic mass is 9.99. The number of ether oxygens (including phenoxy) is 1. The minimum Gasteiger partial charge on any atom is -0.497 e. The molecule has 1 aliphatic heterocycles. The SMILES string of the molecule is CCS(=O)(=O)Nc1cccc(C2=NN(S(=O)(=O)c3ccccc3)[C@@H](c3cccc(OC)c3)C2)c1. The van der Waals surface area contributed by atoms with Gasteiger partial charge >= 0.3 is 0 Å². The molecule has 0 bridgehead atoms. The maximum absolute atomic E-state index is 13.5. The van der Waals surface area contributed by atoms with E-state index in [1.165, 1.54) is 12.1 Å². The standard InChI is InChI=1S/C24H25N3O5S2/c1-3-33(28,29)26-20-11-7-9-18(15-20)23-17-24(19-10-8-12-21(16-19)32-2)27(25-23)34(30,31)22-13-5-4-6-14-22/h4-16,24,26H,3,17H2,1-2H3/t24-/m1/s1. The lowest BCUT2D eigenvalue weighted by molar-refractivity contribution is 0.368. The second-order valence-corrected chi connectivity index (χ2v) is 11.5. The summed E-state index contributed by atoms with van der Waals surface area (Å²) in [6, 6.07) is 21.6. The van der Waals surface area contributed by atoms with Crippen molar-refractivity contribution in [1.29, 1.82) is 0 Å². The van der Waals surface area contributed by atoms with Crippen molar-refractivity contribution in [3.8, 4) is 5.75 Å². The van der Waals surface area contributed by atoms with Crippen molar-refractivity contribution < 1.29 is 21.6 Å². The van der Waals surface area contributed by atoms with Crippen LogP contribution in [0.2, 0.25) is 0 Å². The molecule has 3 aromatic rings. The van der Waals surface area contributed by atoms with Crippen molar-refractivity contribution in [3.05, 3.63) is 90.0 Å². The molecule has 1 aliphatic rings. The van der Waals surface area contributed by atoms with Crippen LogP contribution in [0.4, 0.5) is 5.69 Å². The summed E-state index contributed by atoms with van der Waals surface area (Å²) in [5, 5.41) is 4.52. The third-order valence-electron chi connectivity index (χ3n) is 5.49. The second-order valence-electron chi connectivity index (χ2n) is 7.72. The molecule has 0 amide bonds. The lowest BCUT2D eigenvalue weighted by Gasteiger charge is -2.23. The summed E-state index contributed by atoms with van der Waals surface area (Å²) < 4.78 is 60.1. The Labute approximate surface area is 200 Å². The van der Waals surface area contributed by atoms with Gasteiger partial charge in [0.25, 0.3) is 10.0 Å². The molecule has 0 fully saturated rings. The highest BCUT2D eigenvalue weighted by atomic mass is 32.2. The Bertz CT molecular complexity index is 1420. The van der Waals surface area contributed by atoms with Crippen LogP contribution in [0.15, 0.2) is 88.9 Å². The Kier molecular flexibility index (Phi) is 6.63. The number of anilines is 1. The van der Waals surface area contributed by atoms with Gasteiger partial charge in [-0.05, 0) is 54.4 Å². The Morgan fingerprint density at radius 1 is 0.971 bits per heavy atom. The van der Waals surface area contributed by atoms with Gasteiger partial charge in [0, 0.05) is 12.1 Å². The van der Waals surface area contributed by atoms with Gasteiger partial charge in [0.15, 0.2) is 0 Å². The Hall–Kier alpha value is -3.37. The number of hydrogen-bond donors (Lipinski definition) is 1. The molecule has 1 heterocycles. The minimum atomic E-state index is -3.95. The molecule has 8 nitrogen and oxygen atoms in total. The summed E-state index contributed by atoms with van der Waals surface area (Å²) in [6.07, 6.45) is 0.309. The van der Waals surface area contributed by atoms with Crippen LogP contribution < -0.4 is 9.46 Å². The van der Waals surface area contributed by atoms with Crippen molar-refractivity contribution in [2.24, 2.45) is 5.10 Å². The quantitative estimate of drug-likeness (QED) is 0.504. The van der Waals surface area contributed by atoms with Crippen molar-refractivity contribution in [1.82, 2.24) is 4.41 Å². The van der Waals surface area contributed by atoms with E-state index in [0.29, 0.717) is 29.1 Å². The third-order valence-corrected chi connectivity index (χ3v) is 8.49. The average molecular weight is 500 g/mol. The molecule has 4 rings (SSSR count). The largest absolute Gasteiger partial charge is 0.497 e. The number of benzene rings is 3. The summed E-state index contributed by atoms with van der Waals surface area (Å²) >= 11 is 0. The van der Waals surface area contributed by atoms with E-state index in [0.717, 1.165) is 9.98 Å². The van der Waals surface area contributed by atoms with Gasteiger partial charge in [-0.2, -0.15) is 17.9 Å². The monoisotopic (exact) mass is 499 g/mol. The van der Waals surface area contributed by atoms with E-state index in [-0.39, 0.29) is 10.6 Å².